The molecule has 7 heteroatoms. The second-order valence-electron chi connectivity index (χ2n) is 8.66. The first kappa shape index (κ1) is 20.2. The van der Waals surface area contributed by atoms with Gasteiger partial charge in [0, 0.05) is 37.7 Å². The number of hydrogen-bond donors (Lipinski definition) is 1. The number of hydrogen-bond acceptors (Lipinski definition) is 3. The summed E-state index contributed by atoms with van der Waals surface area (Å²) in [5.74, 6) is 0.336. The standard InChI is InChI=1S/C22H28ClN3O3/c1-14-4-6-16(7-5-14)26-13-15(11-21(26)28)22(29)24-19-12-17(8-9-18(19)23)25-10-2-3-20(25)27/h8-9,12,14-16H,2-7,10-11,13H2,1H3,(H,24,29). The summed E-state index contributed by atoms with van der Waals surface area (Å²) in [6.45, 7) is 3.41. The van der Waals surface area contributed by atoms with E-state index in [0.717, 1.165) is 43.7 Å². The van der Waals surface area contributed by atoms with Gasteiger partial charge in [0.2, 0.25) is 17.7 Å². The summed E-state index contributed by atoms with van der Waals surface area (Å²) in [6.07, 6.45) is 5.97. The number of anilines is 2. The lowest BCUT2D eigenvalue weighted by atomic mass is 9.87. The van der Waals surface area contributed by atoms with Crippen molar-refractivity contribution in [2.75, 3.05) is 23.3 Å². The van der Waals surface area contributed by atoms with Crippen LogP contribution in [0.1, 0.15) is 51.9 Å². The number of rotatable bonds is 4. The molecule has 3 amide bonds. The molecule has 6 nitrogen and oxygen atoms in total. The van der Waals surface area contributed by atoms with Crippen LogP contribution in [0, 0.1) is 11.8 Å². The Kier molecular flexibility index (Phi) is 5.81. The van der Waals surface area contributed by atoms with Gasteiger partial charge in [0.15, 0.2) is 0 Å². The minimum atomic E-state index is -0.366. The lowest BCUT2D eigenvalue weighted by Gasteiger charge is -2.33. The van der Waals surface area contributed by atoms with Crippen LogP contribution >= 0.6 is 11.6 Å². The molecule has 29 heavy (non-hydrogen) atoms. The largest absolute Gasteiger partial charge is 0.339 e. The van der Waals surface area contributed by atoms with Crippen LogP contribution in [0.15, 0.2) is 18.2 Å². The van der Waals surface area contributed by atoms with Crippen LogP contribution < -0.4 is 10.2 Å². The minimum absolute atomic E-state index is 0.0761. The highest BCUT2D eigenvalue weighted by Gasteiger charge is 2.39. The van der Waals surface area contributed by atoms with E-state index in [4.69, 9.17) is 11.6 Å². The van der Waals surface area contributed by atoms with Crippen molar-refractivity contribution < 1.29 is 14.4 Å². The third kappa shape index (κ3) is 4.27. The van der Waals surface area contributed by atoms with Crippen LogP contribution in [0.25, 0.3) is 0 Å². The number of benzene rings is 1. The van der Waals surface area contributed by atoms with Crippen molar-refractivity contribution in [3.63, 3.8) is 0 Å². The highest BCUT2D eigenvalue weighted by atomic mass is 35.5. The highest BCUT2D eigenvalue weighted by molar-refractivity contribution is 6.34. The minimum Gasteiger partial charge on any atom is -0.339 e. The molecule has 0 aromatic heterocycles. The van der Waals surface area contributed by atoms with Gasteiger partial charge in [-0.05, 0) is 56.2 Å². The second kappa shape index (κ2) is 8.34. The van der Waals surface area contributed by atoms with E-state index in [1.165, 1.54) is 0 Å². The van der Waals surface area contributed by atoms with Crippen LogP contribution in [-0.4, -0.2) is 41.8 Å². The number of nitrogens with one attached hydrogen (secondary N) is 1. The maximum absolute atomic E-state index is 12.9. The number of amides is 3. The zero-order valence-corrected chi connectivity index (χ0v) is 17.6. The molecule has 0 bridgehead atoms. The summed E-state index contributed by atoms with van der Waals surface area (Å²) in [5, 5.41) is 3.32. The molecular formula is C22H28ClN3O3. The van der Waals surface area contributed by atoms with Crippen LogP contribution in [0.2, 0.25) is 5.02 Å². The fourth-order valence-corrected chi connectivity index (χ4v) is 4.91. The van der Waals surface area contributed by atoms with E-state index in [1.807, 2.05) is 4.90 Å². The van der Waals surface area contributed by atoms with Gasteiger partial charge in [-0.15, -0.1) is 0 Å². The van der Waals surface area contributed by atoms with Crippen molar-refractivity contribution in [3.05, 3.63) is 23.2 Å². The van der Waals surface area contributed by atoms with E-state index in [1.54, 1.807) is 23.1 Å². The topological polar surface area (TPSA) is 69.7 Å². The van der Waals surface area contributed by atoms with Gasteiger partial charge >= 0.3 is 0 Å². The average Bonchev–Trinajstić information content (AvgIpc) is 3.30. The summed E-state index contributed by atoms with van der Waals surface area (Å²) in [5.41, 5.74) is 1.24. The first-order valence-corrected chi connectivity index (χ1v) is 11.0. The van der Waals surface area contributed by atoms with Crippen molar-refractivity contribution in [2.45, 2.75) is 57.9 Å². The van der Waals surface area contributed by atoms with Gasteiger partial charge in [-0.2, -0.15) is 0 Å². The lowest BCUT2D eigenvalue weighted by molar-refractivity contribution is -0.130. The van der Waals surface area contributed by atoms with Crippen LogP contribution in [0.5, 0.6) is 0 Å². The summed E-state index contributed by atoms with van der Waals surface area (Å²) in [6, 6.07) is 5.52. The Balaban J connectivity index is 1.42. The van der Waals surface area contributed by atoms with E-state index in [0.29, 0.717) is 30.2 Å². The van der Waals surface area contributed by atoms with Crippen LogP contribution in [-0.2, 0) is 14.4 Å². The maximum Gasteiger partial charge on any atom is 0.229 e. The monoisotopic (exact) mass is 417 g/mol. The molecule has 2 saturated heterocycles. The normalized spacial score (nSPS) is 27.6. The SMILES string of the molecule is CC1CCC(N2CC(C(=O)Nc3cc(N4CCCC4=O)ccc3Cl)CC2=O)CC1. The average molecular weight is 418 g/mol. The summed E-state index contributed by atoms with van der Waals surface area (Å²) in [7, 11) is 0. The van der Waals surface area contributed by atoms with Gasteiger partial charge in [0.1, 0.15) is 0 Å². The van der Waals surface area contributed by atoms with Crippen molar-refractivity contribution in [1.29, 1.82) is 0 Å². The molecule has 1 aliphatic carbocycles. The maximum atomic E-state index is 12.9. The molecule has 1 unspecified atom stereocenters. The van der Waals surface area contributed by atoms with Gasteiger partial charge in [0.25, 0.3) is 0 Å². The van der Waals surface area contributed by atoms with Gasteiger partial charge in [-0.3, -0.25) is 14.4 Å². The van der Waals surface area contributed by atoms with Gasteiger partial charge < -0.3 is 15.1 Å². The Morgan fingerprint density at radius 2 is 1.90 bits per heavy atom. The molecule has 2 heterocycles. The highest BCUT2D eigenvalue weighted by Crippen LogP contribution is 2.33. The molecule has 3 fully saturated rings. The van der Waals surface area contributed by atoms with Crippen LogP contribution in [0.4, 0.5) is 11.4 Å². The van der Waals surface area contributed by atoms with E-state index >= 15 is 0 Å². The Bertz CT molecular complexity index is 820. The molecule has 1 aromatic rings. The lowest BCUT2D eigenvalue weighted by Crippen LogP contribution is -2.39. The Morgan fingerprint density at radius 1 is 1.14 bits per heavy atom. The molecular weight excluding hydrogens is 390 g/mol. The summed E-state index contributed by atoms with van der Waals surface area (Å²) in [4.78, 5) is 41.0. The zero-order chi connectivity index (χ0) is 20.5. The van der Waals surface area contributed by atoms with Crippen molar-refractivity contribution in [2.24, 2.45) is 11.8 Å². The molecule has 1 saturated carbocycles. The van der Waals surface area contributed by atoms with Crippen molar-refractivity contribution in [1.82, 2.24) is 4.90 Å². The second-order valence-corrected chi connectivity index (χ2v) is 9.07. The van der Waals surface area contributed by atoms with E-state index in [-0.39, 0.29) is 36.1 Å². The van der Waals surface area contributed by atoms with Gasteiger partial charge in [-0.1, -0.05) is 18.5 Å². The van der Waals surface area contributed by atoms with Crippen LogP contribution in [0.3, 0.4) is 0 Å². The van der Waals surface area contributed by atoms with Gasteiger partial charge in [-0.25, -0.2) is 0 Å². The zero-order valence-electron chi connectivity index (χ0n) is 16.8. The Morgan fingerprint density at radius 3 is 2.59 bits per heavy atom. The number of carbonyl (C=O) groups excluding carboxylic acids is 3. The predicted octanol–water partition coefficient (Wildman–Crippen LogP) is 3.83. The first-order valence-electron chi connectivity index (χ1n) is 10.6. The summed E-state index contributed by atoms with van der Waals surface area (Å²) < 4.78 is 0. The smallest absolute Gasteiger partial charge is 0.229 e. The molecule has 3 aliphatic rings. The summed E-state index contributed by atoms with van der Waals surface area (Å²) >= 11 is 6.29. The molecule has 1 aromatic carbocycles. The fourth-order valence-electron chi connectivity index (χ4n) is 4.75. The Hall–Kier alpha value is -2.08. The molecule has 156 valence electrons. The van der Waals surface area contributed by atoms with E-state index < -0.39 is 0 Å². The quantitative estimate of drug-likeness (QED) is 0.809. The Labute approximate surface area is 176 Å². The number of nitrogens with zero attached hydrogens (tertiary/aromatic N) is 2. The molecule has 1 N–H and O–H groups in total. The van der Waals surface area contributed by atoms with Gasteiger partial charge in [0.05, 0.1) is 16.6 Å². The molecule has 4 rings (SSSR count). The molecule has 0 radical (unpaired) electrons. The van der Waals surface area contributed by atoms with E-state index in [2.05, 4.69) is 12.2 Å². The number of halogens is 1. The number of likely N-dealkylation sites (tertiary alicyclic amines) is 1. The first-order chi connectivity index (χ1) is 13.9. The van der Waals surface area contributed by atoms with E-state index in [9.17, 15) is 14.4 Å². The third-order valence-electron chi connectivity index (χ3n) is 6.55. The van der Waals surface area contributed by atoms with Crippen molar-refractivity contribution >= 4 is 40.7 Å². The molecule has 2 aliphatic heterocycles. The molecule has 1 atom stereocenters. The molecule has 0 spiro atoms. The predicted molar refractivity (Wildman–Crippen MR) is 113 cm³/mol. The van der Waals surface area contributed by atoms with Crippen molar-refractivity contribution in [3.8, 4) is 0 Å². The fraction of sp³-hybridized carbons (Fsp3) is 0.591. The third-order valence-corrected chi connectivity index (χ3v) is 6.88. The number of carbonyl (C=O) groups is 3.